The van der Waals surface area contributed by atoms with Gasteiger partial charge in [0.2, 0.25) is 5.82 Å². The monoisotopic (exact) mass is 406 g/mol. The summed E-state index contributed by atoms with van der Waals surface area (Å²) in [6, 6.07) is 5.49. The number of aromatic nitrogens is 5. The summed E-state index contributed by atoms with van der Waals surface area (Å²) in [7, 11) is 0. The fraction of sp³-hybridized carbons (Fsp3) is 0.235. The molecule has 0 radical (unpaired) electrons. The molecule has 28 heavy (non-hydrogen) atoms. The van der Waals surface area contributed by atoms with E-state index in [-0.39, 0.29) is 23.9 Å². The van der Waals surface area contributed by atoms with Crippen molar-refractivity contribution in [2.24, 2.45) is 5.73 Å². The predicted octanol–water partition coefficient (Wildman–Crippen LogP) is 2.43. The van der Waals surface area contributed by atoms with E-state index < -0.39 is 17.8 Å². The number of hydrogen-bond acceptors (Lipinski definition) is 7. The van der Waals surface area contributed by atoms with Crippen LogP contribution in [0.5, 0.6) is 11.6 Å². The van der Waals surface area contributed by atoms with Crippen LogP contribution in [0.15, 0.2) is 30.5 Å². The molecule has 0 aliphatic rings. The van der Waals surface area contributed by atoms with Crippen LogP contribution in [0.1, 0.15) is 12.0 Å². The number of aryl methyl sites for hydroxylation is 1. The molecule has 1 atom stereocenters. The first kappa shape index (κ1) is 19.6. The van der Waals surface area contributed by atoms with Gasteiger partial charge in [0.05, 0.1) is 18.0 Å². The second kappa shape index (κ2) is 8.28. The van der Waals surface area contributed by atoms with E-state index in [1.54, 1.807) is 18.2 Å². The fourth-order valence-electron chi connectivity index (χ4n) is 2.47. The maximum atomic E-state index is 13.8. The van der Waals surface area contributed by atoms with Gasteiger partial charge >= 0.3 is 5.97 Å². The Hall–Kier alpha value is -3.11. The molecule has 0 saturated heterocycles. The number of pyridine rings is 1. The second-order valence-corrected chi connectivity index (χ2v) is 6.48. The third-order valence-corrected chi connectivity index (χ3v) is 3.92. The smallest absolute Gasteiger partial charge is 0.304 e. The van der Waals surface area contributed by atoms with Gasteiger partial charge in [0.25, 0.3) is 5.88 Å². The molecule has 1 aromatic carbocycles. The number of rotatable bonds is 7. The zero-order valence-corrected chi connectivity index (χ0v) is 15.5. The van der Waals surface area contributed by atoms with Crippen molar-refractivity contribution in [2.75, 3.05) is 0 Å². The number of tetrazole rings is 1. The second-order valence-electron chi connectivity index (χ2n) is 6.05. The SMILES string of the molecule is Cc1cc(Oc2ncc(Cl)cc2F)ccc1-c1nnn(CC(N)CC(=O)O)n1. The van der Waals surface area contributed by atoms with Crippen molar-refractivity contribution in [3.8, 4) is 23.0 Å². The van der Waals surface area contributed by atoms with Crippen molar-refractivity contribution in [1.29, 1.82) is 0 Å². The van der Waals surface area contributed by atoms with Crippen LogP contribution in [0.2, 0.25) is 5.02 Å². The molecule has 3 aromatic rings. The van der Waals surface area contributed by atoms with Crippen LogP contribution in [-0.4, -0.2) is 42.3 Å². The van der Waals surface area contributed by atoms with Crippen LogP contribution >= 0.6 is 11.6 Å². The first-order valence-electron chi connectivity index (χ1n) is 8.17. The lowest BCUT2D eigenvalue weighted by molar-refractivity contribution is -0.137. The molecular weight excluding hydrogens is 391 g/mol. The first-order chi connectivity index (χ1) is 13.3. The molecule has 0 saturated carbocycles. The predicted molar refractivity (Wildman–Crippen MR) is 97.5 cm³/mol. The molecule has 0 aliphatic carbocycles. The number of nitrogens with zero attached hydrogens (tertiary/aromatic N) is 5. The normalized spacial score (nSPS) is 12.0. The number of carbonyl (C=O) groups is 1. The van der Waals surface area contributed by atoms with Gasteiger partial charge < -0.3 is 15.6 Å². The molecule has 0 bridgehead atoms. The number of ether oxygens (including phenoxy) is 1. The molecule has 2 heterocycles. The highest BCUT2D eigenvalue weighted by Gasteiger charge is 2.14. The molecule has 0 spiro atoms. The highest BCUT2D eigenvalue weighted by Crippen LogP contribution is 2.28. The van der Waals surface area contributed by atoms with E-state index in [4.69, 9.17) is 27.2 Å². The lowest BCUT2D eigenvalue weighted by Gasteiger charge is -2.08. The molecule has 3 N–H and O–H groups in total. The van der Waals surface area contributed by atoms with Crippen molar-refractivity contribution in [3.05, 3.63) is 46.9 Å². The molecule has 3 rings (SSSR count). The van der Waals surface area contributed by atoms with Crippen molar-refractivity contribution < 1.29 is 19.0 Å². The Labute approximate surface area is 163 Å². The maximum absolute atomic E-state index is 13.8. The van der Waals surface area contributed by atoms with E-state index in [1.807, 2.05) is 6.92 Å². The number of benzene rings is 1. The number of aliphatic carboxylic acids is 1. The van der Waals surface area contributed by atoms with Crippen LogP contribution in [0, 0.1) is 12.7 Å². The van der Waals surface area contributed by atoms with E-state index >= 15 is 0 Å². The van der Waals surface area contributed by atoms with Crippen LogP contribution in [-0.2, 0) is 11.3 Å². The number of nitrogens with two attached hydrogens (primary N) is 1. The summed E-state index contributed by atoms with van der Waals surface area (Å²) in [5.41, 5.74) is 7.18. The van der Waals surface area contributed by atoms with E-state index in [0.29, 0.717) is 17.1 Å². The van der Waals surface area contributed by atoms with Crippen molar-refractivity contribution in [3.63, 3.8) is 0 Å². The topological polar surface area (TPSA) is 129 Å². The van der Waals surface area contributed by atoms with Crippen LogP contribution in [0.25, 0.3) is 11.4 Å². The van der Waals surface area contributed by atoms with Gasteiger partial charge in [0.15, 0.2) is 5.82 Å². The van der Waals surface area contributed by atoms with E-state index in [1.165, 1.54) is 11.0 Å². The largest absolute Gasteiger partial charge is 0.481 e. The summed E-state index contributed by atoms with van der Waals surface area (Å²) >= 11 is 5.68. The maximum Gasteiger partial charge on any atom is 0.304 e. The molecule has 0 fully saturated rings. The van der Waals surface area contributed by atoms with Crippen molar-refractivity contribution in [2.45, 2.75) is 25.9 Å². The van der Waals surface area contributed by atoms with Crippen LogP contribution in [0.3, 0.4) is 0 Å². The first-order valence-corrected chi connectivity index (χ1v) is 8.54. The fourth-order valence-corrected chi connectivity index (χ4v) is 2.61. The van der Waals surface area contributed by atoms with Crippen molar-refractivity contribution >= 4 is 17.6 Å². The van der Waals surface area contributed by atoms with E-state index in [9.17, 15) is 9.18 Å². The van der Waals surface area contributed by atoms with Crippen LogP contribution in [0.4, 0.5) is 4.39 Å². The van der Waals surface area contributed by atoms with Crippen molar-refractivity contribution in [1.82, 2.24) is 25.2 Å². The van der Waals surface area contributed by atoms with Gasteiger partial charge in [-0.3, -0.25) is 4.79 Å². The Balaban J connectivity index is 1.75. The summed E-state index contributed by atoms with van der Waals surface area (Å²) in [5.74, 6) is -1.12. The Morgan fingerprint density at radius 1 is 1.43 bits per heavy atom. The molecule has 9 nitrogen and oxygen atoms in total. The number of carboxylic acids is 1. The molecule has 146 valence electrons. The minimum Gasteiger partial charge on any atom is -0.481 e. The van der Waals surface area contributed by atoms with Gasteiger partial charge in [-0.25, -0.2) is 9.37 Å². The average Bonchev–Trinajstić information content (AvgIpc) is 3.04. The van der Waals surface area contributed by atoms with Crippen LogP contribution < -0.4 is 10.5 Å². The highest BCUT2D eigenvalue weighted by atomic mass is 35.5. The number of hydrogen-bond donors (Lipinski definition) is 2. The number of carboxylic acid groups (broad SMARTS) is 1. The highest BCUT2D eigenvalue weighted by molar-refractivity contribution is 6.30. The van der Waals surface area contributed by atoms with Gasteiger partial charge in [-0.05, 0) is 42.0 Å². The quantitative estimate of drug-likeness (QED) is 0.612. The Morgan fingerprint density at radius 3 is 2.89 bits per heavy atom. The third kappa shape index (κ3) is 4.78. The van der Waals surface area contributed by atoms with Gasteiger partial charge in [-0.2, -0.15) is 4.80 Å². The summed E-state index contributed by atoms with van der Waals surface area (Å²) in [4.78, 5) is 15.7. The molecular formula is C17H16ClFN6O3. The standard InChI is InChI=1S/C17H16ClFN6O3/c1-9-4-12(28-17-14(19)5-10(18)7-21-17)2-3-13(9)16-22-24-25(23-16)8-11(20)6-15(26)27/h2-5,7,11H,6,8,20H2,1H3,(H,26,27). The zero-order valence-electron chi connectivity index (χ0n) is 14.7. The summed E-state index contributed by atoms with van der Waals surface area (Å²) < 4.78 is 19.3. The van der Waals surface area contributed by atoms with Gasteiger partial charge in [0, 0.05) is 17.8 Å². The zero-order chi connectivity index (χ0) is 20.3. The molecule has 1 unspecified atom stereocenters. The number of halogens is 2. The van der Waals surface area contributed by atoms with Gasteiger partial charge in [-0.15, -0.1) is 10.2 Å². The molecule has 2 aromatic heterocycles. The van der Waals surface area contributed by atoms with Gasteiger partial charge in [0.1, 0.15) is 5.75 Å². The van der Waals surface area contributed by atoms with Gasteiger partial charge in [-0.1, -0.05) is 11.6 Å². The molecule has 11 heteroatoms. The Bertz CT molecular complexity index is 1010. The Kier molecular flexibility index (Phi) is 5.81. The third-order valence-electron chi connectivity index (χ3n) is 3.71. The minimum absolute atomic E-state index is 0.126. The summed E-state index contributed by atoms with van der Waals surface area (Å²) in [6.45, 7) is 1.94. The summed E-state index contributed by atoms with van der Waals surface area (Å²) in [5, 5.41) is 21.0. The molecule has 0 aliphatic heterocycles. The lowest BCUT2D eigenvalue weighted by atomic mass is 10.1. The minimum atomic E-state index is -0.995. The van der Waals surface area contributed by atoms with E-state index in [0.717, 1.165) is 11.6 Å². The average molecular weight is 407 g/mol. The lowest BCUT2D eigenvalue weighted by Crippen LogP contribution is -2.30. The van der Waals surface area contributed by atoms with E-state index in [2.05, 4.69) is 20.4 Å². The summed E-state index contributed by atoms with van der Waals surface area (Å²) in [6.07, 6.45) is 1.09. The Morgan fingerprint density at radius 2 is 2.21 bits per heavy atom. The molecule has 0 amide bonds.